The molecule has 9 heteroatoms. The fourth-order valence-corrected chi connectivity index (χ4v) is 5.25. The maximum atomic E-state index is 14.7. The summed E-state index contributed by atoms with van der Waals surface area (Å²) in [5, 5.41) is 5.70. The molecule has 0 heterocycles. The lowest BCUT2D eigenvalue weighted by Crippen LogP contribution is -2.54. The molecule has 46 heavy (non-hydrogen) atoms. The topological polar surface area (TPSA) is 114 Å². The third-order valence-electron chi connectivity index (χ3n) is 7.53. The van der Waals surface area contributed by atoms with Crippen molar-refractivity contribution in [3.8, 4) is 0 Å². The molecule has 0 aliphatic rings. The minimum Gasteiger partial charge on any atom is -0.466 e. The second-order valence-electron chi connectivity index (χ2n) is 12.8. The van der Waals surface area contributed by atoms with Gasteiger partial charge in [0.1, 0.15) is 17.7 Å². The number of unbranched alkanes of at least 4 members (excludes halogenated alkanes) is 5. The molecule has 0 aliphatic heterocycles. The SMILES string of the molecule is CCCCCCCCN(C(=O)C(Cc1ccccc1)NC(=O)OC(C)(C)C)C(C(=O)NCCC(=O)OCC)c1cc(C)ccc1C. The van der Waals surface area contributed by atoms with E-state index < -0.39 is 35.7 Å². The monoisotopic (exact) mass is 637 g/mol. The molecule has 0 aliphatic carbocycles. The van der Waals surface area contributed by atoms with Crippen molar-refractivity contribution in [1.82, 2.24) is 15.5 Å². The molecule has 2 atom stereocenters. The molecule has 0 aromatic heterocycles. The van der Waals surface area contributed by atoms with Crippen LogP contribution in [0.5, 0.6) is 0 Å². The Balaban J connectivity index is 2.55. The minimum atomic E-state index is -0.989. The summed E-state index contributed by atoms with van der Waals surface area (Å²) in [4.78, 5) is 55.5. The number of nitrogens with zero attached hydrogens (tertiary/aromatic N) is 1. The molecule has 2 unspecified atom stereocenters. The molecule has 3 amide bonds. The van der Waals surface area contributed by atoms with E-state index in [4.69, 9.17) is 9.47 Å². The van der Waals surface area contributed by atoms with Gasteiger partial charge in [-0.25, -0.2) is 4.79 Å². The number of aryl methyl sites for hydroxylation is 2. The second kappa shape index (κ2) is 19.6. The summed E-state index contributed by atoms with van der Waals surface area (Å²) < 4.78 is 10.6. The lowest BCUT2D eigenvalue weighted by Gasteiger charge is -2.35. The van der Waals surface area contributed by atoms with Crippen LogP contribution in [0.4, 0.5) is 4.79 Å². The number of carbonyl (C=O) groups is 4. The van der Waals surface area contributed by atoms with Gasteiger partial charge in [-0.1, -0.05) is 93.1 Å². The summed E-state index contributed by atoms with van der Waals surface area (Å²) in [5.41, 5.74) is 2.60. The van der Waals surface area contributed by atoms with E-state index >= 15 is 0 Å². The molecule has 0 saturated carbocycles. The standard InChI is InChI=1S/C37H55N3O6/c1-8-10-11-12-13-17-24-40(35(43)31(26-29-18-15-14-16-19-29)39-36(44)46-37(5,6)7)33(30-25-27(3)20-21-28(30)4)34(42)38-23-22-32(41)45-9-2/h14-16,18-21,25,31,33H,8-13,17,22-24,26H2,1-7H3,(H,38,42)(H,39,44). The van der Waals surface area contributed by atoms with Gasteiger partial charge >= 0.3 is 12.1 Å². The highest BCUT2D eigenvalue weighted by Gasteiger charge is 2.37. The van der Waals surface area contributed by atoms with Crippen molar-refractivity contribution >= 4 is 23.9 Å². The summed E-state index contributed by atoms with van der Waals surface area (Å²) in [7, 11) is 0. The first-order chi connectivity index (χ1) is 21.9. The Labute approximate surface area is 275 Å². The number of nitrogens with one attached hydrogen (secondary N) is 2. The molecule has 254 valence electrons. The van der Waals surface area contributed by atoms with Gasteiger partial charge < -0.3 is 25.0 Å². The summed E-state index contributed by atoms with van der Waals surface area (Å²) in [6.07, 6.45) is 5.53. The molecule has 2 N–H and O–H groups in total. The first kappa shape index (κ1) is 38.3. The number of rotatable bonds is 18. The van der Waals surface area contributed by atoms with Crippen LogP contribution in [-0.2, 0) is 30.3 Å². The molecule has 0 spiro atoms. The fourth-order valence-electron chi connectivity index (χ4n) is 5.25. The average molecular weight is 638 g/mol. The normalized spacial score (nSPS) is 12.5. The predicted molar refractivity (Wildman–Crippen MR) is 181 cm³/mol. The van der Waals surface area contributed by atoms with Crippen LogP contribution in [0.25, 0.3) is 0 Å². The number of ether oxygens (including phenoxy) is 2. The van der Waals surface area contributed by atoms with E-state index in [1.165, 1.54) is 0 Å². The quantitative estimate of drug-likeness (QED) is 0.138. The van der Waals surface area contributed by atoms with E-state index in [-0.39, 0.29) is 31.9 Å². The number of alkyl carbamates (subject to hydrolysis) is 1. The van der Waals surface area contributed by atoms with Crippen molar-refractivity contribution in [3.05, 3.63) is 70.8 Å². The van der Waals surface area contributed by atoms with Crippen LogP contribution in [0.1, 0.15) is 108 Å². The highest BCUT2D eigenvalue weighted by Crippen LogP contribution is 2.28. The summed E-state index contributed by atoms with van der Waals surface area (Å²) in [5.74, 6) is -1.18. The average Bonchev–Trinajstić information content (AvgIpc) is 2.99. The third kappa shape index (κ3) is 13.6. The Bertz CT molecular complexity index is 1260. The molecule has 2 rings (SSSR count). The smallest absolute Gasteiger partial charge is 0.408 e. The van der Waals surface area contributed by atoms with Crippen molar-refractivity contribution in [1.29, 1.82) is 0 Å². The zero-order chi connectivity index (χ0) is 34.1. The Kier molecular flexibility index (Phi) is 16.3. The van der Waals surface area contributed by atoms with Crippen LogP contribution in [-0.4, -0.2) is 60.1 Å². The van der Waals surface area contributed by atoms with E-state index in [1.54, 1.807) is 32.6 Å². The van der Waals surface area contributed by atoms with Crippen LogP contribution in [0.3, 0.4) is 0 Å². The highest BCUT2D eigenvalue weighted by molar-refractivity contribution is 5.92. The molecule has 0 radical (unpaired) electrons. The molecule has 0 saturated heterocycles. The van der Waals surface area contributed by atoms with Gasteiger partial charge in [-0.05, 0) is 64.7 Å². The van der Waals surface area contributed by atoms with Gasteiger partial charge in [0.05, 0.1) is 13.0 Å². The number of benzene rings is 2. The first-order valence-electron chi connectivity index (χ1n) is 16.7. The number of hydrogen-bond donors (Lipinski definition) is 2. The van der Waals surface area contributed by atoms with Gasteiger partial charge in [-0.3, -0.25) is 14.4 Å². The van der Waals surface area contributed by atoms with Crippen molar-refractivity contribution in [2.75, 3.05) is 19.7 Å². The van der Waals surface area contributed by atoms with Crippen LogP contribution in [0.2, 0.25) is 0 Å². The molecular formula is C37H55N3O6. The third-order valence-corrected chi connectivity index (χ3v) is 7.53. The Morgan fingerprint density at radius 3 is 2.22 bits per heavy atom. The molecule has 9 nitrogen and oxygen atoms in total. The van der Waals surface area contributed by atoms with Crippen LogP contribution < -0.4 is 10.6 Å². The zero-order valence-electron chi connectivity index (χ0n) is 28.9. The molecule has 2 aromatic rings. The van der Waals surface area contributed by atoms with E-state index in [0.29, 0.717) is 18.5 Å². The van der Waals surface area contributed by atoms with Gasteiger partial charge in [0.15, 0.2) is 0 Å². The predicted octanol–water partition coefficient (Wildman–Crippen LogP) is 6.74. The van der Waals surface area contributed by atoms with Gasteiger partial charge in [0.25, 0.3) is 0 Å². The Morgan fingerprint density at radius 2 is 1.57 bits per heavy atom. The first-order valence-corrected chi connectivity index (χ1v) is 16.7. The number of esters is 1. The van der Waals surface area contributed by atoms with Crippen LogP contribution in [0.15, 0.2) is 48.5 Å². The number of carbonyl (C=O) groups excluding carboxylic acids is 4. The Morgan fingerprint density at radius 1 is 0.891 bits per heavy atom. The molecule has 2 aromatic carbocycles. The second-order valence-corrected chi connectivity index (χ2v) is 12.8. The highest BCUT2D eigenvalue weighted by atomic mass is 16.6. The lowest BCUT2D eigenvalue weighted by molar-refractivity contribution is -0.144. The maximum absolute atomic E-state index is 14.7. The molecule has 0 bridgehead atoms. The fraction of sp³-hybridized carbons (Fsp3) is 0.568. The van der Waals surface area contributed by atoms with Crippen LogP contribution in [0, 0.1) is 13.8 Å². The summed E-state index contributed by atoms with van der Waals surface area (Å²) >= 11 is 0. The summed E-state index contributed by atoms with van der Waals surface area (Å²) in [6, 6.07) is 13.3. The van der Waals surface area contributed by atoms with Crippen molar-refractivity contribution < 1.29 is 28.7 Å². The van der Waals surface area contributed by atoms with Crippen molar-refractivity contribution in [2.24, 2.45) is 0 Å². The van der Waals surface area contributed by atoms with Crippen LogP contribution >= 0.6 is 0 Å². The van der Waals surface area contributed by atoms with E-state index in [2.05, 4.69) is 17.6 Å². The van der Waals surface area contributed by atoms with Gasteiger partial charge in [-0.15, -0.1) is 0 Å². The minimum absolute atomic E-state index is 0.0152. The van der Waals surface area contributed by atoms with Gasteiger partial charge in [0.2, 0.25) is 11.8 Å². The number of amides is 3. The van der Waals surface area contributed by atoms with Gasteiger partial charge in [0, 0.05) is 19.5 Å². The Hall–Kier alpha value is -3.88. The summed E-state index contributed by atoms with van der Waals surface area (Å²) in [6.45, 7) is 13.7. The van der Waals surface area contributed by atoms with Crippen molar-refractivity contribution in [3.63, 3.8) is 0 Å². The largest absolute Gasteiger partial charge is 0.466 e. The van der Waals surface area contributed by atoms with E-state index in [1.807, 2.05) is 62.4 Å². The number of hydrogen-bond acceptors (Lipinski definition) is 6. The van der Waals surface area contributed by atoms with Gasteiger partial charge in [-0.2, -0.15) is 0 Å². The molecular weight excluding hydrogens is 582 g/mol. The molecule has 0 fully saturated rings. The van der Waals surface area contributed by atoms with Crippen molar-refractivity contribution in [2.45, 2.75) is 118 Å². The van der Waals surface area contributed by atoms with E-state index in [9.17, 15) is 19.2 Å². The maximum Gasteiger partial charge on any atom is 0.408 e. The lowest BCUT2D eigenvalue weighted by atomic mass is 9.95. The van der Waals surface area contributed by atoms with E-state index in [0.717, 1.165) is 48.8 Å². The zero-order valence-corrected chi connectivity index (χ0v) is 28.9.